The molecule has 0 saturated carbocycles. The molecule has 0 radical (unpaired) electrons. The molecule has 8 heteroatoms. The highest BCUT2D eigenvalue weighted by atomic mass is 32.1. The second-order valence-corrected chi connectivity index (χ2v) is 7.11. The van der Waals surface area contributed by atoms with Crippen molar-refractivity contribution < 1.29 is 9.53 Å². The van der Waals surface area contributed by atoms with Crippen molar-refractivity contribution in [3.05, 3.63) is 28.0 Å². The van der Waals surface area contributed by atoms with E-state index in [0.717, 1.165) is 49.9 Å². The van der Waals surface area contributed by atoms with Gasteiger partial charge in [0.15, 0.2) is 5.13 Å². The molecule has 130 valence electrons. The first-order valence-electron chi connectivity index (χ1n) is 8.15. The van der Waals surface area contributed by atoms with Crippen LogP contribution in [0.2, 0.25) is 0 Å². The molecule has 7 nitrogen and oxygen atoms in total. The van der Waals surface area contributed by atoms with Crippen molar-refractivity contribution >= 4 is 22.4 Å². The number of amides is 1. The molecule has 1 saturated heterocycles. The van der Waals surface area contributed by atoms with Crippen LogP contribution < -0.4 is 5.32 Å². The van der Waals surface area contributed by atoms with E-state index >= 15 is 0 Å². The highest BCUT2D eigenvalue weighted by molar-refractivity contribution is 7.14. The van der Waals surface area contributed by atoms with E-state index in [9.17, 15) is 4.79 Å². The number of thiazole rings is 1. The van der Waals surface area contributed by atoms with Crippen LogP contribution in [0.15, 0.2) is 5.38 Å². The third-order valence-corrected chi connectivity index (χ3v) is 4.82. The Morgan fingerprint density at radius 3 is 2.92 bits per heavy atom. The molecule has 1 fully saturated rings. The van der Waals surface area contributed by atoms with E-state index < -0.39 is 0 Å². The summed E-state index contributed by atoms with van der Waals surface area (Å²) >= 11 is 1.45. The van der Waals surface area contributed by atoms with Crippen molar-refractivity contribution in [2.24, 2.45) is 0 Å². The second-order valence-electron chi connectivity index (χ2n) is 6.25. The second kappa shape index (κ2) is 7.42. The van der Waals surface area contributed by atoms with Gasteiger partial charge in [0.25, 0.3) is 5.91 Å². The third kappa shape index (κ3) is 3.82. The van der Waals surface area contributed by atoms with Gasteiger partial charge in [-0.3, -0.25) is 20.1 Å². The number of nitrogens with one attached hydrogen (secondary N) is 2. The zero-order valence-corrected chi connectivity index (χ0v) is 15.1. The van der Waals surface area contributed by atoms with Crippen LogP contribution in [0.3, 0.4) is 0 Å². The van der Waals surface area contributed by atoms with Gasteiger partial charge in [0.05, 0.1) is 30.2 Å². The number of hydrogen-bond donors (Lipinski definition) is 2. The lowest BCUT2D eigenvalue weighted by molar-refractivity contribution is 0.0337. The van der Waals surface area contributed by atoms with Crippen LogP contribution in [0, 0.1) is 6.92 Å². The summed E-state index contributed by atoms with van der Waals surface area (Å²) in [5, 5.41) is 12.7. The van der Waals surface area contributed by atoms with Crippen molar-refractivity contribution in [1.29, 1.82) is 0 Å². The first kappa shape index (κ1) is 17.1. The highest BCUT2D eigenvalue weighted by Crippen LogP contribution is 2.23. The van der Waals surface area contributed by atoms with E-state index in [2.05, 4.69) is 25.4 Å². The molecule has 1 aliphatic rings. The first-order chi connectivity index (χ1) is 11.5. The number of carbonyl (C=O) groups excluding carboxylic acids is 1. The zero-order chi connectivity index (χ0) is 17.1. The number of aryl methyl sites for hydroxylation is 1. The monoisotopic (exact) mass is 349 g/mol. The lowest BCUT2D eigenvalue weighted by Crippen LogP contribution is -2.35. The van der Waals surface area contributed by atoms with Gasteiger partial charge in [0.2, 0.25) is 0 Å². The molecule has 0 unspecified atom stereocenters. The Morgan fingerprint density at radius 2 is 2.21 bits per heavy atom. The first-order valence-corrected chi connectivity index (χ1v) is 9.03. The lowest BCUT2D eigenvalue weighted by Gasteiger charge is -2.25. The lowest BCUT2D eigenvalue weighted by atomic mass is 10.0. The number of H-pyrrole nitrogens is 1. The summed E-state index contributed by atoms with van der Waals surface area (Å²) in [6.45, 7) is 10.1. The Morgan fingerprint density at radius 1 is 1.46 bits per heavy atom. The Labute approximate surface area is 145 Å². The van der Waals surface area contributed by atoms with Gasteiger partial charge < -0.3 is 4.74 Å². The van der Waals surface area contributed by atoms with E-state index in [0.29, 0.717) is 10.7 Å². The normalized spacial score (nSPS) is 15.8. The number of ether oxygens (including phenoxy) is 1. The van der Waals surface area contributed by atoms with Gasteiger partial charge in [-0.15, -0.1) is 11.3 Å². The topological polar surface area (TPSA) is 83.1 Å². The molecule has 0 spiro atoms. The van der Waals surface area contributed by atoms with Crippen molar-refractivity contribution in [2.75, 3.05) is 31.6 Å². The van der Waals surface area contributed by atoms with Crippen molar-refractivity contribution in [3.63, 3.8) is 0 Å². The predicted molar refractivity (Wildman–Crippen MR) is 93.6 cm³/mol. The fraction of sp³-hybridized carbons (Fsp3) is 0.562. The molecular formula is C16H23N5O2S. The summed E-state index contributed by atoms with van der Waals surface area (Å²) in [6, 6.07) is 0. The molecule has 0 bridgehead atoms. The van der Waals surface area contributed by atoms with Crippen molar-refractivity contribution in [3.8, 4) is 0 Å². The molecular weight excluding hydrogens is 326 g/mol. The summed E-state index contributed by atoms with van der Waals surface area (Å²) in [5.41, 5.74) is 3.16. The van der Waals surface area contributed by atoms with E-state index in [1.807, 2.05) is 26.2 Å². The van der Waals surface area contributed by atoms with Crippen LogP contribution >= 0.6 is 11.3 Å². The number of rotatable bonds is 5. The Kier molecular flexibility index (Phi) is 5.27. The van der Waals surface area contributed by atoms with Crippen LogP contribution in [0.4, 0.5) is 5.13 Å². The van der Waals surface area contributed by atoms with Crippen LogP contribution in [0.25, 0.3) is 0 Å². The number of aromatic amines is 1. The molecule has 0 aromatic carbocycles. The molecule has 1 amide bonds. The fourth-order valence-corrected chi connectivity index (χ4v) is 3.43. The number of carbonyl (C=O) groups is 1. The van der Waals surface area contributed by atoms with Crippen molar-refractivity contribution in [2.45, 2.75) is 33.2 Å². The van der Waals surface area contributed by atoms with Crippen LogP contribution in [0.1, 0.15) is 47.2 Å². The van der Waals surface area contributed by atoms with Gasteiger partial charge in [0.1, 0.15) is 0 Å². The minimum absolute atomic E-state index is 0.155. The van der Waals surface area contributed by atoms with Gasteiger partial charge in [-0.1, -0.05) is 13.8 Å². The van der Waals surface area contributed by atoms with E-state index in [-0.39, 0.29) is 11.8 Å². The highest BCUT2D eigenvalue weighted by Gasteiger charge is 2.21. The minimum atomic E-state index is -0.155. The van der Waals surface area contributed by atoms with E-state index in [4.69, 9.17) is 4.74 Å². The SMILES string of the molecule is Cc1[nH]nc(C(C)C)c1C(=O)Nc1nc(CN2CCOCC2)cs1. The zero-order valence-electron chi connectivity index (χ0n) is 14.3. The van der Waals surface area contributed by atoms with Crippen LogP contribution in [-0.4, -0.2) is 52.3 Å². The summed E-state index contributed by atoms with van der Waals surface area (Å²) in [6.07, 6.45) is 0. The smallest absolute Gasteiger partial charge is 0.261 e. The fourth-order valence-electron chi connectivity index (χ4n) is 2.74. The summed E-state index contributed by atoms with van der Waals surface area (Å²) in [7, 11) is 0. The number of aromatic nitrogens is 3. The minimum Gasteiger partial charge on any atom is -0.379 e. The predicted octanol–water partition coefficient (Wildman–Crippen LogP) is 2.38. The Hall–Kier alpha value is -1.77. The van der Waals surface area contributed by atoms with Gasteiger partial charge in [-0.2, -0.15) is 5.10 Å². The number of anilines is 1. The standard InChI is InChI=1S/C16H23N5O2S/c1-10(2)14-13(11(3)19-20-14)15(22)18-16-17-12(9-24-16)8-21-4-6-23-7-5-21/h9-10H,4-8H2,1-3H3,(H,19,20)(H,17,18,22). The molecule has 3 rings (SSSR count). The molecule has 3 heterocycles. The number of morpholine rings is 1. The van der Waals surface area contributed by atoms with E-state index in [1.54, 1.807) is 0 Å². The Bertz CT molecular complexity index is 703. The van der Waals surface area contributed by atoms with Crippen LogP contribution in [-0.2, 0) is 11.3 Å². The molecule has 24 heavy (non-hydrogen) atoms. The molecule has 2 aromatic heterocycles. The van der Waals surface area contributed by atoms with Crippen molar-refractivity contribution in [1.82, 2.24) is 20.1 Å². The summed E-state index contributed by atoms with van der Waals surface area (Å²) in [5.74, 6) is 0.0288. The average molecular weight is 349 g/mol. The van der Waals surface area contributed by atoms with Gasteiger partial charge >= 0.3 is 0 Å². The van der Waals surface area contributed by atoms with Gasteiger partial charge in [-0.25, -0.2) is 4.98 Å². The van der Waals surface area contributed by atoms with Gasteiger partial charge in [0, 0.05) is 30.7 Å². The summed E-state index contributed by atoms with van der Waals surface area (Å²) in [4.78, 5) is 19.4. The summed E-state index contributed by atoms with van der Waals surface area (Å²) < 4.78 is 5.35. The molecule has 0 aliphatic carbocycles. The molecule has 0 atom stereocenters. The number of nitrogens with zero attached hydrogens (tertiary/aromatic N) is 3. The maximum atomic E-state index is 12.6. The van der Waals surface area contributed by atoms with E-state index in [1.165, 1.54) is 11.3 Å². The molecule has 2 aromatic rings. The molecule has 2 N–H and O–H groups in total. The van der Waals surface area contributed by atoms with Crippen LogP contribution in [0.5, 0.6) is 0 Å². The van der Waals surface area contributed by atoms with Gasteiger partial charge in [-0.05, 0) is 12.8 Å². The maximum Gasteiger partial charge on any atom is 0.261 e. The number of hydrogen-bond acceptors (Lipinski definition) is 6. The average Bonchev–Trinajstić information content (AvgIpc) is 3.15. The quantitative estimate of drug-likeness (QED) is 0.866. The largest absolute Gasteiger partial charge is 0.379 e. The third-order valence-electron chi connectivity index (χ3n) is 4.01. The Balaban J connectivity index is 1.66. The maximum absolute atomic E-state index is 12.6. The molecule has 1 aliphatic heterocycles.